The van der Waals surface area contributed by atoms with Crippen LogP contribution >= 0.6 is 12.4 Å². The fraction of sp³-hybridized carbons (Fsp3) is 0.278. The first-order chi connectivity index (χ1) is 12.7. The van der Waals surface area contributed by atoms with Crippen LogP contribution < -0.4 is 5.32 Å². The van der Waals surface area contributed by atoms with E-state index in [9.17, 15) is 0 Å². The highest BCUT2D eigenvalue weighted by Crippen LogP contribution is 2.25. The second kappa shape index (κ2) is 7.81. The average Bonchev–Trinajstić information content (AvgIpc) is 3.27. The summed E-state index contributed by atoms with van der Waals surface area (Å²) in [7, 11) is 1.90. The number of fused-ring (bicyclic) bond motifs is 1. The molecular weight excluding hydrogens is 366 g/mol. The van der Waals surface area contributed by atoms with E-state index in [0.29, 0.717) is 23.8 Å². The molecule has 0 radical (unpaired) electrons. The van der Waals surface area contributed by atoms with Crippen molar-refractivity contribution in [3.05, 3.63) is 48.2 Å². The molecule has 0 aliphatic rings. The number of aromatic nitrogens is 6. The predicted octanol–water partition coefficient (Wildman–Crippen LogP) is 2.75. The second-order valence-electron chi connectivity index (χ2n) is 6.22. The minimum atomic E-state index is 0. The van der Waals surface area contributed by atoms with Gasteiger partial charge in [0, 0.05) is 35.6 Å². The summed E-state index contributed by atoms with van der Waals surface area (Å²) in [5, 5.41) is 17.9. The van der Waals surface area contributed by atoms with Crippen LogP contribution in [0.5, 0.6) is 0 Å². The molecule has 27 heavy (non-hydrogen) atoms. The third-order valence-electron chi connectivity index (χ3n) is 4.43. The van der Waals surface area contributed by atoms with Crippen LogP contribution in [-0.2, 0) is 6.42 Å². The highest BCUT2D eigenvalue weighted by molar-refractivity contribution is 5.89. The zero-order valence-corrected chi connectivity index (χ0v) is 16.1. The summed E-state index contributed by atoms with van der Waals surface area (Å²) in [5.74, 6) is 1.03. The molecule has 0 spiro atoms. The van der Waals surface area contributed by atoms with Crippen LogP contribution in [0.3, 0.4) is 0 Å². The van der Waals surface area contributed by atoms with E-state index in [0.717, 1.165) is 22.2 Å². The molecule has 8 nitrogen and oxygen atoms in total. The molecule has 1 unspecified atom stereocenters. The fourth-order valence-corrected chi connectivity index (χ4v) is 2.85. The lowest BCUT2D eigenvalue weighted by molar-refractivity contribution is 0.417. The molecule has 4 aromatic rings. The quantitative estimate of drug-likeness (QED) is 0.564. The number of hydrogen-bond donors (Lipinski definition) is 1. The number of likely N-dealkylation sites (N-methyl/N-ethyl adjacent to an activating group) is 1. The van der Waals surface area contributed by atoms with Crippen molar-refractivity contribution in [3.8, 4) is 17.3 Å². The van der Waals surface area contributed by atoms with Crippen molar-refractivity contribution in [2.45, 2.75) is 26.3 Å². The minimum absolute atomic E-state index is 0. The minimum Gasteiger partial charge on any atom is -0.332 e. The van der Waals surface area contributed by atoms with E-state index in [-0.39, 0.29) is 18.4 Å². The van der Waals surface area contributed by atoms with Crippen LogP contribution in [-0.4, -0.2) is 43.2 Å². The molecule has 9 heteroatoms. The first-order valence-corrected chi connectivity index (χ1v) is 8.43. The van der Waals surface area contributed by atoms with Gasteiger partial charge in [-0.05, 0) is 33.0 Å². The van der Waals surface area contributed by atoms with Crippen molar-refractivity contribution in [3.63, 3.8) is 0 Å². The predicted molar refractivity (Wildman–Crippen MR) is 104 cm³/mol. The summed E-state index contributed by atoms with van der Waals surface area (Å²) < 4.78 is 7.19. The largest absolute Gasteiger partial charge is 0.332 e. The first-order valence-electron chi connectivity index (χ1n) is 8.43. The Morgan fingerprint density at radius 3 is 2.93 bits per heavy atom. The lowest BCUT2D eigenvalue weighted by Gasteiger charge is -2.07. The average molecular weight is 386 g/mol. The molecule has 1 aromatic carbocycles. The van der Waals surface area contributed by atoms with Crippen LogP contribution in [0.25, 0.3) is 28.0 Å². The van der Waals surface area contributed by atoms with E-state index in [1.807, 2.05) is 44.4 Å². The number of benzene rings is 1. The molecule has 0 saturated heterocycles. The summed E-state index contributed by atoms with van der Waals surface area (Å²) in [6.07, 6.45) is 4.29. The third kappa shape index (κ3) is 3.54. The molecule has 0 bridgehead atoms. The van der Waals surface area contributed by atoms with Gasteiger partial charge in [0.2, 0.25) is 0 Å². The molecule has 0 amide bonds. The highest BCUT2D eigenvalue weighted by Gasteiger charge is 2.19. The smallest absolute Gasteiger partial charge is 0.280 e. The topological polar surface area (TPSA) is 94.6 Å². The summed E-state index contributed by atoms with van der Waals surface area (Å²) in [6, 6.07) is 8.23. The van der Waals surface area contributed by atoms with Gasteiger partial charge >= 0.3 is 0 Å². The van der Waals surface area contributed by atoms with E-state index in [2.05, 4.69) is 37.7 Å². The van der Waals surface area contributed by atoms with Gasteiger partial charge in [-0.3, -0.25) is 4.98 Å². The van der Waals surface area contributed by atoms with Crippen LogP contribution in [0.4, 0.5) is 0 Å². The van der Waals surface area contributed by atoms with Gasteiger partial charge in [0.15, 0.2) is 11.5 Å². The van der Waals surface area contributed by atoms with Gasteiger partial charge in [-0.1, -0.05) is 22.5 Å². The Balaban J connectivity index is 0.00000210. The molecule has 0 aliphatic carbocycles. The molecule has 3 heterocycles. The highest BCUT2D eigenvalue weighted by atomic mass is 35.5. The van der Waals surface area contributed by atoms with Gasteiger partial charge in [0.05, 0.1) is 11.4 Å². The second-order valence-corrected chi connectivity index (χ2v) is 6.22. The fourth-order valence-electron chi connectivity index (χ4n) is 2.85. The van der Waals surface area contributed by atoms with Gasteiger partial charge < -0.3 is 9.84 Å². The number of pyridine rings is 1. The Labute approximate surface area is 162 Å². The van der Waals surface area contributed by atoms with E-state index in [1.54, 1.807) is 10.9 Å². The van der Waals surface area contributed by atoms with Crippen LogP contribution in [0.1, 0.15) is 18.4 Å². The normalized spacial score (nSPS) is 12.1. The molecule has 4 rings (SSSR count). The summed E-state index contributed by atoms with van der Waals surface area (Å²) >= 11 is 0. The number of nitrogens with zero attached hydrogens (tertiary/aromatic N) is 6. The van der Waals surface area contributed by atoms with Gasteiger partial charge in [-0.2, -0.15) is 4.98 Å². The van der Waals surface area contributed by atoms with Crippen LogP contribution in [0, 0.1) is 6.92 Å². The van der Waals surface area contributed by atoms with E-state index >= 15 is 0 Å². The van der Waals surface area contributed by atoms with Crippen LogP contribution in [0.2, 0.25) is 0 Å². The SMILES string of the molecule is CNC(C)Cc1noc(-c2nnn(-c3cccc4cnccc34)c2C)n1.Cl. The van der Waals surface area contributed by atoms with Crippen molar-refractivity contribution in [1.29, 1.82) is 0 Å². The number of hydrogen-bond acceptors (Lipinski definition) is 7. The summed E-state index contributed by atoms with van der Waals surface area (Å²) in [4.78, 5) is 8.63. The Morgan fingerprint density at radius 1 is 1.26 bits per heavy atom. The molecule has 0 aliphatic heterocycles. The zero-order chi connectivity index (χ0) is 18.1. The molecule has 1 atom stereocenters. The maximum Gasteiger partial charge on any atom is 0.280 e. The monoisotopic (exact) mass is 385 g/mol. The third-order valence-corrected chi connectivity index (χ3v) is 4.43. The Kier molecular flexibility index (Phi) is 5.48. The molecule has 3 aromatic heterocycles. The zero-order valence-electron chi connectivity index (χ0n) is 15.2. The number of rotatable bonds is 5. The maximum absolute atomic E-state index is 5.40. The van der Waals surface area contributed by atoms with Gasteiger partial charge in [0.25, 0.3) is 5.89 Å². The van der Waals surface area contributed by atoms with Crippen LogP contribution in [0.15, 0.2) is 41.2 Å². The van der Waals surface area contributed by atoms with Gasteiger partial charge in [-0.25, -0.2) is 4.68 Å². The molecule has 0 saturated carbocycles. The Hall–Kier alpha value is -2.84. The lowest BCUT2D eigenvalue weighted by Crippen LogP contribution is -2.24. The lowest BCUT2D eigenvalue weighted by atomic mass is 10.1. The Bertz CT molecular complexity index is 1050. The molecule has 0 fully saturated rings. The van der Waals surface area contributed by atoms with Gasteiger partial charge in [-0.15, -0.1) is 17.5 Å². The molecular formula is C18H20ClN7O. The first kappa shape index (κ1) is 18.9. The summed E-state index contributed by atoms with van der Waals surface area (Å²) in [6.45, 7) is 4.00. The summed E-state index contributed by atoms with van der Waals surface area (Å²) in [5.41, 5.74) is 2.36. The van der Waals surface area contributed by atoms with E-state index in [1.165, 1.54) is 0 Å². The van der Waals surface area contributed by atoms with Crippen molar-refractivity contribution < 1.29 is 4.52 Å². The van der Waals surface area contributed by atoms with E-state index < -0.39 is 0 Å². The van der Waals surface area contributed by atoms with Crippen molar-refractivity contribution in [2.24, 2.45) is 0 Å². The molecule has 140 valence electrons. The van der Waals surface area contributed by atoms with E-state index in [4.69, 9.17) is 4.52 Å². The number of halogens is 1. The van der Waals surface area contributed by atoms with Crippen molar-refractivity contribution in [2.75, 3.05) is 7.05 Å². The molecule has 1 N–H and O–H groups in total. The standard InChI is InChI=1S/C18H19N7O.ClH/c1-11(19-3)9-16-21-18(26-23-16)17-12(2)25(24-22-17)15-6-4-5-13-10-20-8-7-14(13)15;/h4-8,10-11,19H,9H2,1-3H3;1H. The van der Waals surface area contributed by atoms with Crippen molar-refractivity contribution in [1.82, 2.24) is 35.4 Å². The van der Waals surface area contributed by atoms with Crippen molar-refractivity contribution >= 4 is 23.2 Å². The Morgan fingerprint density at radius 2 is 2.11 bits per heavy atom. The number of nitrogens with one attached hydrogen (secondary N) is 1. The van der Waals surface area contributed by atoms with Gasteiger partial charge in [0.1, 0.15) is 0 Å². The maximum atomic E-state index is 5.40.